The van der Waals surface area contributed by atoms with Gasteiger partial charge in [-0.2, -0.15) is 0 Å². The van der Waals surface area contributed by atoms with Crippen LogP contribution in [0.4, 0.5) is 4.39 Å². The maximum Gasteiger partial charge on any atom is 0.338 e. The Morgan fingerprint density at radius 3 is 2.33 bits per heavy atom. The highest BCUT2D eigenvalue weighted by Gasteiger charge is 2.35. The molecular formula is C30H23FN2O5S. The van der Waals surface area contributed by atoms with Gasteiger partial charge in [0.05, 0.1) is 41.1 Å². The standard InChI is InChI=1S/C30H23FN2O5S/c1-3-38-29(36)24-25(19-7-5-4-6-8-19)32-30-33(26(24)20-13-15-22(31)16-14-20)27(34)23(39-30)17-18-9-11-21(12-10-18)28(35)37-2/h4-17,26H,3H2,1-2H3/b23-17-. The summed E-state index contributed by atoms with van der Waals surface area (Å²) in [5, 5.41) is 0. The van der Waals surface area contributed by atoms with Crippen molar-refractivity contribution in [2.75, 3.05) is 13.7 Å². The van der Waals surface area contributed by atoms with E-state index in [2.05, 4.69) is 0 Å². The van der Waals surface area contributed by atoms with Gasteiger partial charge >= 0.3 is 11.9 Å². The first-order valence-corrected chi connectivity index (χ1v) is 12.9. The zero-order chi connectivity index (χ0) is 27.5. The van der Waals surface area contributed by atoms with Crippen LogP contribution in [0, 0.1) is 5.82 Å². The van der Waals surface area contributed by atoms with E-state index in [1.807, 2.05) is 30.3 Å². The molecule has 5 rings (SSSR count). The predicted molar refractivity (Wildman–Crippen MR) is 145 cm³/mol. The van der Waals surface area contributed by atoms with Crippen LogP contribution in [0.3, 0.4) is 0 Å². The third-order valence-corrected chi connectivity index (χ3v) is 7.17. The number of rotatable bonds is 6. The molecule has 1 atom stereocenters. The first kappa shape index (κ1) is 26.0. The second-order valence-electron chi connectivity index (χ2n) is 8.60. The molecule has 0 spiro atoms. The Morgan fingerprint density at radius 2 is 1.69 bits per heavy atom. The number of nitrogens with zero attached hydrogens (tertiary/aromatic N) is 2. The second kappa shape index (κ2) is 11.0. The molecule has 39 heavy (non-hydrogen) atoms. The molecule has 4 aromatic rings. The van der Waals surface area contributed by atoms with E-state index in [0.717, 1.165) is 0 Å². The van der Waals surface area contributed by atoms with Gasteiger partial charge in [-0.05, 0) is 48.4 Å². The van der Waals surface area contributed by atoms with Gasteiger partial charge in [-0.1, -0.05) is 65.9 Å². The highest BCUT2D eigenvalue weighted by molar-refractivity contribution is 7.07. The topological polar surface area (TPSA) is 87.0 Å². The molecular weight excluding hydrogens is 519 g/mol. The van der Waals surface area contributed by atoms with Gasteiger partial charge in [0.2, 0.25) is 0 Å². The average Bonchev–Trinajstić information content (AvgIpc) is 3.27. The second-order valence-corrected chi connectivity index (χ2v) is 9.61. The number of hydrogen-bond donors (Lipinski definition) is 0. The minimum Gasteiger partial charge on any atom is -0.465 e. The van der Waals surface area contributed by atoms with Crippen LogP contribution in [0.15, 0.2) is 94.2 Å². The lowest BCUT2D eigenvalue weighted by atomic mass is 9.93. The Balaban J connectivity index is 1.76. The molecule has 2 heterocycles. The summed E-state index contributed by atoms with van der Waals surface area (Å²) in [6, 6.07) is 20.6. The van der Waals surface area contributed by atoms with Crippen molar-refractivity contribution in [2.24, 2.45) is 4.99 Å². The number of hydrogen-bond acceptors (Lipinski definition) is 7. The number of thiazole rings is 1. The van der Waals surface area contributed by atoms with Gasteiger partial charge in [0.15, 0.2) is 4.80 Å². The summed E-state index contributed by atoms with van der Waals surface area (Å²) in [5.41, 5.74) is 2.52. The van der Waals surface area contributed by atoms with Crippen molar-refractivity contribution >= 4 is 35.0 Å². The number of methoxy groups -OCH3 is 1. The van der Waals surface area contributed by atoms with Crippen molar-refractivity contribution in [1.82, 2.24) is 4.57 Å². The summed E-state index contributed by atoms with van der Waals surface area (Å²) in [7, 11) is 1.31. The van der Waals surface area contributed by atoms with Crippen LogP contribution in [0.5, 0.6) is 0 Å². The van der Waals surface area contributed by atoms with E-state index in [4.69, 9.17) is 14.5 Å². The number of fused-ring (bicyclic) bond motifs is 1. The summed E-state index contributed by atoms with van der Waals surface area (Å²) < 4.78 is 25.9. The fraction of sp³-hybridized carbons (Fsp3) is 0.133. The number of aromatic nitrogens is 1. The molecule has 7 nitrogen and oxygen atoms in total. The van der Waals surface area contributed by atoms with Gasteiger partial charge in [0.25, 0.3) is 5.56 Å². The SMILES string of the molecule is CCOC(=O)C1=C(c2ccccc2)N=c2s/c(=C\c3ccc(C(=O)OC)cc3)c(=O)n2C1c1ccc(F)cc1. The largest absolute Gasteiger partial charge is 0.465 e. The number of carbonyl (C=O) groups is 2. The highest BCUT2D eigenvalue weighted by atomic mass is 32.1. The van der Waals surface area contributed by atoms with Crippen LogP contribution >= 0.6 is 11.3 Å². The minimum absolute atomic E-state index is 0.131. The zero-order valence-electron chi connectivity index (χ0n) is 21.1. The van der Waals surface area contributed by atoms with Gasteiger partial charge in [0.1, 0.15) is 5.82 Å². The van der Waals surface area contributed by atoms with Gasteiger partial charge < -0.3 is 9.47 Å². The van der Waals surface area contributed by atoms with Gasteiger partial charge in [-0.25, -0.2) is 19.0 Å². The molecule has 0 bridgehead atoms. The van der Waals surface area contributed by atoms with Crippen molar-refractivity contribution in [2.45, 2.75) is 13.0 Å². The minimum atomic E-state index is -0.889. The van der Waals surface area contributed by atoms with Crippen LogP contribution in [-0.4, -0.2) is 30.2 Å². The highest BCUT2D eigenvalue weighted by Crippen LogP contribution is 2.35. The van der Waals surface area contributed by atoms with Crippen LogP contribution < -0.4 is 14.9 Å². The third-order valence-electron chi connectivity index (χ3n) is 6.19. The summed E-state index contributed by atoms with van der Waals surface area (Å²) in [4.78, 5) is 44.1. The number of benzene rings is 3. The van der Waals surface area contributed by atoms with Crippen molar-refractivity contribution in [3.63, 3.8) is 0 Å². The molecule has 0 saturated heterocycles. The van der Waals surface area contributed by atoms with Gasteiger partial charge in [0, 0.05) is 5.56 Å². The Hall–Kier alpha value is -4.63. The molecule has 1 aromatic heterocycles. The lowest BCUT2D eigenvalue weighted by Crippen LogP contribution is -2.40. The number of carbonyl (C=O) groups excluding carboxylic acids is 2. The first-order valence-electron chi connectivity index (χ1n) is 12.1. The van der Waals surface area contributed by atoms with E-state index in [1.165, 1.54) is 35.1 Å². The predicted octanol–water partition coefficient (Wildman–Crippen LogP) is 3.86. The Bertz CT molecular complexity index is 1760. The summed E-state index contributed by atoms with van der Waals surface area (Å²) >= 11 is 1.18. The molecule has 0 radical (unpaired) electrons. The Morgan fingerprint density at radius 1 is 1.00 bits per heavy atom. The van der Waals surface area contributed by atoms with E-state index in [1.54, 1.807) is 49.4 Å². The molecule has 1 aliphatic rings. The van der Waals surface area contributed by atoms with Crippen molar-refractivity contribution < 1.29 is 23.5 Å². The summed E-state index contributed by atoms with van der Waals surface area (Å²) in [6.07, 6.45) is 1.70. The lowest BCUT2D eigenvalue weighted by Gasteiger charge is -2.25. The molecule has 1 aliphatic heterocycles. The maximum absolute atomic E-state index is 13.9. The molecule has 3 aromatic carbocycles. The lowest BCUT2D eigenvalue weighted by molar-refractivity contribution is -0.138. The number of halogens is 1. The fourth-order valence-corrected chi connectivity index (χ4v) is 5.39. The van der Waals surface area contributed by atoms with Crippen LogP contribution in [0.1, 0.15) is 40.0 Å². The number of ether oxygens (including phenoxy) is 2. The average molecular weight is 543 g/mol. The van der Waals surface area contributed by atoms with Crippen LogP contribution in [0.25, 0.3) is 11.8 Å². The summed E-state index contributed by atoms with van der Waals surface area (Å²) in [5.74, 6) is -1.51. The van der Waals surface area contributed by atoms with Crippen LogP contribution in [-0.2, 0) is 14.3 Å². The van der Waals surface area contributed by atoms with E-state index in [9.17, 15) is 18.8 Å². The Kier molecular flexibility index (Phi) is 7.33. The molecule has 1 unspecified atom stereocenters. The zero-order valence-corrected chi connectivity index (χ0v) is 21.9. The molecule has 9 heteroatoms. The molecule has 0 saturated carbocycles. The molecule has 0 aliphatic carbocycles. The summed E-state index contributed by atoms with van der Waals surface area (Å²) in [6.45, 7) is 1.83. The monoisotopic (exact) mass is 542 g/mol. The smallest absolute Gasteiger partial charge is 0.338 e. The van der Waals surface area contributed by atoms with Crippen molar-refractivity contribution in [3.8, 4) is 0 Å². The van der Waals surface area contributed by atoms with E-state index >= 15 is 0 Å². The van der Waals surface area contributed by atoms with Gasteiger partial charge in [-0.15, -0.1) is 0 Å². The Labute approximate surface area is 226 Å². The van der Waals surface area contributed by atoms with E-state index in [0.29, 0.717) is 37.3 Å². The van der Waals surface area contributed by atoms with Crippen molar-refractivity contribution in [3.05, 3.63) is 132 Å². The number of esters is 2. The maximum atomic E-state index is 13.9. The van der Waals surface area contributed by atoms with Crippen LogP contribution in [0.2, 0.25) is 0 Å². The molecule has 0 amide bonds. The normalized spacial score (nSPS) is 14.9. The first-order chi connectivity index (χ1) is 18.9. The quantitative estimate of drug-likeness (QED) is 0.346. The molecule has 196 valence electrons. The fourth-order valence-electron chi connectivity index (χ4n) is 4.39. The van der Waals surface area contributed by atoms with E-state index in [-0.39, 0.29) is 17.7 Å². The third kappa shape index (κ3) is 5.08. The molecule has 0 N–H and O–H groups in total. The molecule has 0 fully saturated rings. The van der Waals surface area contributed by atoms with Crippen molar-refractivity contribution in [1.29, 1.82) is 0 Å². The van der Waals surface area contributed by atoms with Gasteiger partial charge in [-0.3, -0.25) is 9.36 Å². The van der Waals surface area contributed by atoms with E-state index < -0.39 is 23.8 Å².